The standard InChI is InChI=1S/C15H12F3N3O5S/c16-15(17,18)9-19-14(22)12-6-1-2-7-13(12)20-27(25,26)11-5-3-4-10(8-11)21(23)24/h1-8,20H,9H2,(H,19,22). The summed E-state index contributed by atoms with van der Waals surface area (Å²) in [5, 5.41) is 12.4. The van der Waals surface area contributed by atoms with Crippen molar-refractivity contribution in [1.29, 1.82) is 0 Å². The summed E-state index contributed by atoms with van der Waals surface area (Å²) in [5.74, 6) is -1.13. The Hall–Kier alpha value is -3.15. The monoisotopic (exact) mass is 403 g/mol. The van der Waals surface area contributed by atoms with Gasteiger partial charge in [-0.05, 0) is 18.2 Å². The highest BCUT2D eigenvalue weighted by Gasteiger charge is 2.28. The van der Waals surface area contributed by atoms with Crippen molar-refractivity contribution in [1.82, 2.24) is 5.32 Å². The van der Waals surface area contributed by atoms with E-state index in [-0.39, 0.29) is 11.3 Å². The minimum absolute atomic E-state index is 0.274. The lowest BCUT2D eigenvalue weighted by atomic mass is 10.1. The molecule has 8 nitrogen and oxygen atoms in total. The topological polar surface area (TPSA) is 118 Å². The number of hydrogen-bond donors (Lipinski definition) is 2. The van der Waals surface area contributed by atoms with Crippen molar-refractivity contribution in [3.05, 3.63) is 64.2 Å². The van der Waals surface area contributed by atoms with Crippen LogP contribution in [0.15, 0.2) is 53.4 Å². The van der Waals surface area contributed by atoms with Gasteiger partial charge in [0.05, 0.1) is 21.1 Å². The largest absolute Gasteiger partial charge is 0.405 e. The number of nitro benzene ring substituents is 1. The second kappa shape index (κ2) is 7.61. The molecule has 0 radical (unpaired) electrons. The van der Waals surface area contributed by atoms with Crippen LogP contribution in [-0.4, -0.2) is 32.0 Å². The number of carbonyl (C=O) groups excluding carboxylic acids is 1. The number of para-hydroxylation sites is 1. The number of halogens is 3. The normalized spacial score (nSPS) is 11.7. The lowest BCUT2D eigenvalue weighted by Gasteiger charge is -2.13. The van der Waals surface area contributed by atoms with Gasteiger partial charge in [-0.25, -0.2) is 8.42 Å². The molecule has 2 aromatic carbocycles. The quantitative estimate of drug-likeness (QED) is 0.568. The number of hydrogen-bond acceptors (Lipinski definition) is 5. The van der Waals surface area contributed by atoms with Crippen LogP contribution in [0.2, 0.25) is 0 Å². The maximum absolute atomic E-state index is 12.4. The molecule has 0 aliphatic rings. The van der Waals surface area contributed by atoms with Crippen molar-refractivity contribution in [3.63, 3.8) is 0 Å². The molecule has 1 amide bonds. The van der Waals surface area contributed by atoms with Gasteiger partial charge in [0, 0.05) is 12.1 Å². The Morgan fingerprint density at radius 1 is 1.11 bits per heavy atom. The summed E-state index contributed by atoms with van der Waals surface area (Å²) in [4.78, 5) is 21.5. The van der Waals surface area contributed by atoms with Crippen LogP contribution in [0.25, 0.3) is 0 Å². The van der Waals surface area contributed by atoms with Gasteiger partial charge in [-0.15, -0.1) is 0 Å². The van der Waals surface area contributed by atoms with Crippen molar-refractivity contribution in [3.8, 4) is 0 Å². The third-order valence-corrected chi connectivity index (χ3v) is 4.57. The molecule has 0 heterocycles. The number of sulfonamides is 1. The predicted octanol–water partition coefficient (Wildman–Crippen LogP) is 2.69. The average Bonchev–Trinajstić information content (AvgIpc) is 2.59. The van der Waals surface area contributed by atoms with Crippen LogP contribution in [0, 0.1) is 10.1 Å². The first-order valence-corrected chi connectivity index (χ1v) is 8.69. The molecule has 0 saturated carbocycles. The van der Waals surface area contributed by atoms with E-state index in [4.69, 9.17) is 0 Å². The summed E-state index contributed by atoms with van der Waals surface area (Å²) in [6.45, 7) is -1.59. The highest BCUT2D eigenvalue weighted by atomic mass is 32.2. The van der Waals surface area contributed by atoms with E-state index in [1.807, 2.05) is 0 Å². The van der Waals surface area contributed by atoms with Gasteiger partial charge in [-0.2, -0.15) is 13.2 Å². The summed E-state index contributed by atoms with van der Waals surface area (Å²) >= 11 is 0. The highest BCUT2D eigenvalue weighted by molar-refractivity contribution is 7.92. The van der Waals surface area contributed by atoms with Gasteiger partial charge in [-0.1, -0.05) is 18.2 Å². The van der Waals surface area contributed by atoms with E-state index in [2.05, 4.69) is 4.72 Å². The van der Waals surface area contributed by atoms with Crippen LogP contribution < -0.4 is 10.0 Å². The fourth-order valence-corrected chi connectivity index (χ4v) is 3.13. The number of anilines is 1. The molecule has 12 heteroatoms. The average molecular weight is 403 g/mol. The molecule has 2 aromatic rings. The third kappa shape index (κ3) is 5.41. The Kier molecular flexibility index (Phi) is 5.69. The molecule has 0 aromatic heterocycles. The molecule has 2 rings (SSSR count). The van der Waals surface area contributed by atoms with Crippen molar-refractivity contribution in [2.24, 2.45) is 0 Å². The Balaban J connectivity index is 2.31. The van der Waals surface area contributed by atoms with Crippen LogP contribution in [0.5, 0.6) is 0 Å². The first-order valence-electron chi connectivity index (χ1n) is 7.21. The SMILES string of the molecule is O=C(NCC(F)(F)F)c1ccccc1NS(=O)(=O)c1cccc([N+](=O)[O-])c1. The van der Waals surface area contributed by atoms with Gasteiger partial charge in [0.15, 0.2) is 0 Å². The Labute approximate surface area is 151 Å². The van der Waals surface area contributed by atoms with Gasteiger partial charge in [-0.3, -0.25) is 19.6 Å². The fourth-order valence-electron chi connectivity index (χ4n) is 2.01. The molecule has 0 bridgehead atoms. The number of nitro groups is 1. The van der Waals surface area contributed by atoms with Crippen molar-refractivity contribution < 1.29 is 31.3 Å². The zero-order chi connectivity index (χ0) is 20.2. The van der Waals surface area contributed by atoms with Gasteiger partial charge in [0.2, 0.25) is 0 Å². The summed E-state index contributed by atoms with van der Waals surface area (Å²) in [6, 6.07) is 9.19. The fraction of sp³-hybridized carbons (Fsp3) is 0.133. The third-order valence-electron chi connectivity index (χ3n) is 3.20. The second-order valence-corrected chi connectivity index (χ2v) is 6.89. The number of non-ortho nitro benzene ring substituents is 1. The molecule has 0 aliphatic carbocycles. The minimum atomic E-state index is -4.63. The number of amides is 1. The summed E-state index contributed by atoms with van der Waals surface area (Å²) in [7, 11) is -4.33. The van der Waals surface area contributed by atoms with E-state index in [1.54, 1.807) is 5.32 Å². The summed E-state index contributed by atoms with van der Waals surface area (Å²) < 4.78 is 63.6. The summed E-state index contributed by atoms with van der Waals surface area (Å²) in [5.41, 5.74) is -1.08. The molecular weight excluding hydrogens is 391 g/mol. The highest BCUT2D eigenvalue weighted by Crippen LogP contribution is 2.23. The molecule has 0 unspecified atom stereocenters. The molecule has 0 fully saturated rings. The van der Waals surface area contributed by atoms with Gasteiger partial charge < -0.3 is 5.32 Å². The van der Waals surface area contributed by atoms with Crippen LogP contribution in [0.4, 0.5) is 24.5 Å². The smallest absolute Gasteiger partial charge is 0.343 e. The van der Waals surface area contributed by atoms with Crippen LogP contribution in [0.3, 0.4) is 0 Å². The van der Waals surface area contributed by atoms with E-state index >= 15 is 0 Å². The first kappa shape index (κ1) is 20.2. The van der Waals surface area contributed by atoms with Crippen LogP contribution >= 0.6 is 0 Å². The number of nitrogens with zero attached hydrogens (tertiary/aromatic N) is 1. The Bertz CT molecular complexity index is 977. The molecule has 144 valence electrons. The first-order chi connectivity index (χ1) is 12.5. The lowest BCUT2D eigenvalue weighted by Crippen LogP contribution is -2.34. The minimum Gasteiger partial charge on any atom is -0.343 e. The molecule has 0 atom stereocenters. The molecule has 0 spiro atoms. The van der Waals surface area contributed by atoms with Crippen molar-refractivity contribution in [2.45, 2.75) is 11.1 Å². The Morgan fingerprint density at radius 3 is 2.41 bits per heavy atom. The van der Waals surface area contributed by atoms with Crippen molar-refractivity contribution >= 4 is 27.3 Å². The number of rotatable bonds is 6. The van der Waals surface area contributed by atoms with Crippen LogP contribution in [0.1, 0.15) is 10.4 Å². The van der Waals surface area contributed by atoms with Crippen LogP contribution in [-0.2, 0) is 10.0 Å². The molecule has 0 saturated heterocycles. The van der Waals surface area contributed by atoms with E-state index in [1.165, 1.54) is 18.2 Å². The van der Waals surface area contributed by atoms with E-state index in [0.717, 1.165) is 30.3 Å². The molecule has 27 heavy (non-hydrogen) atoms. The number of nitrogens with one attached hydrogen (secondary N) is 2. The maximum atomic E-state index is 12.4. The van der Waals surface area contributed by atoms with Gasteiger partial charge in [0.1, 0.15) is 6.54 Å². The number of benzene rings is 2. The molecule has 0 aliphatic heterocycles. The number of carbonyl (C=O) groups is 1. The van der Waals surface area contributed by atoms with E-state index < -0.39 is 44.2 Å². The number of alkyl halides is 3. The predicted molar refractivity (Wildman–Crippen MR) is 88.7 cm³/mol. The van der Waals surface area contributed by atoms with E-state index in [9.17, 15) is 36.5 Å². The zero-order valence-electron chi connectivity index (χ0n) is 13.4. The summed E-state index contributed by atoms with van der Waals surface area (Å²) in [6.07, 6.45) is -4.63. The molecule has 2 N–H and O–H groups in total. The Morgan fingerprint density at radius 2 is 1.78 bits per heavy atom. The maximum Gasteiger partial charge on any atom is 0.405 e. The van der Waals surface area contributed by atoms with Crippen molar-refractivity contribution in [2.75, 3.05) is 11.3 Å². The lowest BCUT2D eigenvalue weighted by molar-refractivity contribution is -0.385. The zero-order valence-corrected chi connectivity index (χ0v) is 14.2. The van der Waals surface area contributed by atoms with Gasteiger partial charge in [0.25, 0.3) is 21.6 Å². The second-order valence-electron chi connectivity index (χ2n) is 5.20. The molecular formula is C15H12F3N3O5S. The van der Waals surface area contributed by atoms with E-state index in [0.29, 0.717) is 0 Å². The van der Waals surface area contributed by atoms with Gasteiger partial charge >= 0.3 is 6.18 Å².